The van der Waals surface area contributed by atoms with Gasteiger partial charge < -0.3 is 4.90 Å². The van der Waals surface area contributed by atoms with E-state index in [1.54, 1.807) is 17.9 Å². The first-order valence-corrected chi connectivity index (χ1v) is 8.73. The molecule has 0 radical (unpaired) electrons. The number of carbonyl (C=O) groups is 1. The number of pyridine rings is 1. The molecule has 1 fully saturated rings. The van der Waals surface area contributed by atoms with Gasteiger partial charge in [0.2, 0.25) is 5.65 Å². The van der Waals surface area contributed by atoms with Crippen LogP contribution in [-0.4, -0.2) is 63.2 Å². The third-order valence-corrected chi connectivity index (χ3v) is 6.80. The molecule has 2 unspecified atom stereocenters. The maximum atomic E-state index is 12.8. The van der Waals surface area contributed by atoms with Gasteiger partial charge in [-0.15, -0.1) is 5.10 Å². The molecule has 1 aliphatic rings. The van der Waals surface area contributed by atoms with Crippen molar-refractivity contribution in [3.63, 3.8) is 0 Å². The Hall–Kier alpha value is -2.03. The number of nitrogens with zero attached hydrogens (tertiary/aromatic N) is 4. The second-order valence-corrected chi connectivity index (χ2v) is 8.14. The number of nitrogens with one attached hydrogen (secondary N) is 1. The molecule has 0 spiro atoms. The molecule has 3 rings (SSSR count). The fourth-order valence-electron chi connectivity index (χ4n) is 2.79. The van der Waals surface area contributed by atoms with E-state index in [-0.39, 0.29) is 19.0 Å². The summed E-state index contributed by atoms with van der Waals surface area (Å²) >= 11 is 0. The molecule has 2 aromatic rings. The molecular weight excluding hydrogens is 306 g/mol. The maximum absolute atomic E-state index is 12.8. The molecule has 0 saturated carbocycles. The molecule has 2 aromatic heterocycles. The van der Waals surface area contributed by atoms with Gasteiger partial charge in [-0.3, -0.25) is 4.79 Å². The van der Waals surface area contributed by atoms with E-state index in [4.69, 9.17) is 0 Å². The van der Waals surface area contributed by atoms with Crippen LogP contribution >= 0.6 is 0 Å². The minimum absolute atomic E-state index is 0.194. The average Bonchev–Trinajstić information content (AvgIpc) is 2.97. The van der Waals surface area contributed by atoms with Crippen molar-refractivity contribution >= 4 is 26.9 Å². The number of rotatable bonds is 2. The molecular formula is C13H17N5O3S. The van der Waals surface area contributed by atoms with E-state index in [2.05, 4.69) is 20.4 Å². The van der Waals surface area contributed by atoms with Crippen LogP contribution in [0.15, 0.2) is 12.3 Å². The summed E-state index contributed by atoms with van der Waals surface area (Å²) in [4.78, 5) is 18.4. The van der Waals surface area contributed by atoms with Crippen LogP contribution in [0.4, 0.5) is 0 Å². The Kier molecular flexibility index (Phi) is 3.59. The number of carbonyl (C=O) groups excluding carboxylic acids is 1. The first-order chi connectivity index (χ1) is 10.4. The number of hydrogen-bond acceptors (Lipinski definition) is 6. The normalized spacial score (nSPS) is 24.5. The highest BCUT2D eigenvalue weighted by atomic mass is 32.2. The lowest BCUT2D eigenvalue weighted by molar-refractivity contribution is 0.0748. The third-order valence-electron chi connectivity index (χ3n) is 4.12. The molecule has 0 aromatic carbocycles. The van der Waals surface area contributed by atoms with E-state index in [1.807, 2.05) is 6.92 Å². The second-order valence-electron chi connectivity index (χ2n) is 5.49. The van der Waals surface area contributed by atoms with Gasteiger partial charge in [0.1, 0.15) is 5.52 Å². The van der Waals surface area contributed by atoms with Gasteiger partial charge in [-0.05, 0) is 19.4 Å². The number of H-pyrrole nitrogens is 1. The molecule has 118 valence electrons. The van der Waals surface area contributed by atoms with Crippen molar-refractivity contribution in [2.75, 3.05) is 13.1 Å². The molecule has 3 heterocycles. The summed E-state index contributed by atoms with van der Waals surface area (Å²) in [5, 5.41) is 9.18. The zero-order chi connectivity index (χ0) is 15.9. The Labute approximate surface area is 127 Å². The van der Waals surface area contributed by atoms with Gasteiger partial charge >= 0.3 is 0 Å². The van der Waals surface area contributed by atoms with Crippen molar-refractivity contribution in [3.05, 3.63) is 17.8 Å². The largest absolute Gasteiger partial charge is 0.336 e. The number of aromatic nitrogens is 4. The van der Waals surface area contributed by atoms with Gasteiger partial charge in [0.15, 0.2) is 9.84 Å². The Morgan fingerprint density at radius 3 is 2.91 bits per heavy atom. The average molecular weight is 323 g/mol. The van der Waals surface area contributed by atoms with Crippen LogP contribution in [0.2, 0.25) is 0 Å². The topological polar surface area (TPSA) is 109 Å². The van der Waals surface area contributed by atoms with E-state index in [1.165, 1.54) is 6.20 Å². The third kappa shape index (κ3) is 2.25. The predicted molar refractivity (Wildman–Crippen MR) is 80.0 cm³/mol. The molecule has 0 bridgehead atoms. The molecule has 9 heteroatoms. The minimum Gasteiger partial charge on any atom is -0.336 e. The molecule has 1 amide bonds. The summed E-state index contributed by atoms with van der Waals surface area (Å²) in [7, 11) is -3.17. The highest BCUT2D eigenvalue weighted by molar-refractivity contribution is 7.92. The zero-order valence-corrected chi connectivity index (χ0v) is 13.2. The summed E-state index contributed by atoms with van der Waals surface area (Å²) < 4.78 is 24.5. The van der Waals surface area contributed by atoms with Gasteiger partial charge in [0, 0.05) is 19.3 Å². The number of sulfone groups is 1. The van der Waals surface area contributed by atoms with E-state index >= 15 is 0 Å². The SMILES string of the molecule is CCC1CN(C(=O)c2ccnc3n[nH]nc23)CC(C)S1(=O)=O. The summed E-state index contributed by atoms with van der Waals surface area (Å²) in [6, 6.07) is 1.59. The van der Waals surface area contributed by atoms with Crippen molar-refractivity contribution in [2.24, 2.45) is 0 Å². The lowest BCUT2D eigenvalue weighted by atomic mass is 10.2. The number of fused-ring (bicyclic) bond motifs is 1. The smallest absolute Gasteiger partial charge is 0.256 e. The van der Waals surface area contributed by atoms with Crippen LogP contribution < -0.4 is 0 Å². The van der Waals surface area contributed by atoms with Crippen molar-refractivity contribution in [1.29, 1.82) is 0 Å². The standard InChI is InChI=1S/C13H17N5O3S/c1-3-9-7-18(6-8(2)22(9,20)21)13(19)10-4-5-14-12-11(10)15-17-16-12/h4-5,8-9H,3,6-7H2,1-2H3,(H,14,15,16,17). The predicted octanol–water partition coefficient (Wildman–Crippen LogP) is 0.391. The van der Waals surface area contributed by atoms with Crippen molar-refractivity contribution < 1.29 is 13.2 Å². The summed E-state index contributed by atoms with van der Waals surface area (Å²) in [6.07, 6.45) is 1.99. The highest BCUT2D eigenvalue weighted by Gasteiger charge is 2.39. The number of hydrogen-bond donors (Lipinski definition) is 1. The maximum Gasteiger partial charge on any atom is 0.256 e. The van der Waals surface area contributed by atoms with Gasteiger partial charge in [-0.1, -0.05) is 6.92 Å². The first-order valence-electron chi connectivity index (χ1n) is 7.12. The second kappa shape index (κ2) is 5.31. The van der Waals surface area contributed by atoms with E-state index in [0.717, 1.165) is 0 Å². The first kappa shape index (κ1) is 14.9. The van der Waals surface area contributed by atoms with E-state index < -0.39 is 20.3 Å². The van der Waals surface area contributed by atoms with Gasteiger partial charge in [-0.2, -0.15) is 10.3 Å². The van der Waals surface area contributed by atoms with Crippen molar-refractivity contribution in [2.45, 2.75) is 30.8 Å². The lowest BCUT2D eigenvalue weighted by Gasteiger charge is -2.36. The van der Waals surface area contributed by atoms with Crippen LogP contribution in [-0.2, 0) is 9.84 Å². The van der Waals surface area contributed by atoms with Gasteiger partial charge in [0.05, 0.1) is 16.1 Å². The van der Waals surface area contributed by atoms with Gasteiger partial charge in [0.25, 0.3) is 5.91 Å². The number of aromatic amines is 1. The van der Waals surface area contributed by atoms with Crippen LogP contribution in [0.3, 0.4) is 0 Å². The molecule has 22 heavy (non-hydrogen) atoms. The van der Waals surface area contributed by atoms with Crippen LogP contribution in [0.1, 0.15) is 30.6 Å². The fourth-order valence-corrected chi connectivity index (χ4v) is 4.69. The van der Waals surface area contributed by atoms with Gasteiger partial charge in [-0.25, -0.2) is 13.4 Å². The Bertz CT molecular complexity index is 816. The van der Waals surface area contributed by atoms with Crippen molar-refractivity contribution in [3.8, 4) is 0 Å². The molecule has 0 aliphatic carbocycles. The zero-order valence-electron chi connectivity index (χ0n) is 12.4. The van der Waals surface area contributed by atoms with E-state index in [9.17, 15) is 13.2 Å². The summed E-state index contributed by atoms with van der Waals surface area (Å²) in [5.41, 5.74) is 1.16. The Balaban J connectivity index is 1.94. The molecule has 1 aliphatic heterocycles. The highest BCUT2D eigenvalue weighted by Crippen LogP contribution is 2.23. The Morgan fingerprint density at radius 1 is 1.41 bits per heavy atom. The van der Waals surface area contributed by atoms with Crippen LogP contribution in [0.5, 0.6) is 0 Å². The van der Waals surface area contributed by atoms with E-state index in [0.29, 0.717) is 23.1 Å². The monoisotopic (exact) mass is 323 g/mol. The minimum atomic E-state index is -3.17. The summed E-state index contributed by atoms with van der Waals surface area (Å²) in [6.45, 7) is 3.88. The molecule has 1 N–H and O–H groups in total. The summed E-state index contributed by atoms with van der Waals surface area (Å²) in [5.74, 6) is -0.235. The lowest BCUT2D eigenvalue weighted by Crippen LogP contribution is -2.53. The molecule has 8 nitrogen and oxygen atoms in total. The number of amides is 1. The molecule has 1 saturated heterocycles. The van der Waals surface area contributed by atoms with Crippen LogP contribution in [0.25, 0.3) is 11.2 Å². The molecule has 2 atom stereocenters. The Morgan fingerprint density at radius 2 is 2.18 bits per heavy atom. The van der Waals surface area contributed by atoms with Crippen LogP contribution in [0, 0.1) is 0 Å². The quantitative estimate of drug-likeness (QED) is 0.856. The fraction of sp³-hybridized carbons (Fsp3) is 0.538. The van der Waals surface area contributed by atoms with Crippen molar-refractivity contribution in [1.82, 2.24) is 25.3 Å².